The molecule has 3 aromatic carbocycles. The molecular formula is C37H41FN4O6S. The summed E-state index contributed by atoms with van der Waals surface area (Å²) in [7, 11) is -2.65. The van der Waals surface area contributed by atoms with Crippen molar-refractivity contribution in [2.24, 2.45) is 0 Å². The Balaban J connectivity index is 1.28. The Morgan fingerprint density at radius 1 is 1.04 bits per heavy atom. The van der Waals surface area contributed by atoms with Crippen LogP contribution in [0.5, 0.6) is 17.6 Å². The van der Waals surface area contributed by atoms with Crippen LogP contribution in [0.2, 0.25) is 0 Å². The van der Waals surface area contributed by atoms with Crippen molar-refractivity contribution in [1.29, 1.82) is 0 Å². The fourth-order valence-electron chi connectivity index (χ4n) is 7.49. The standard InChI is InChI=1S/C37H41FN4O6S/c1-5-29-31(38)12-9-26-17-27(47-23-45-4)18-33(34(26)29)41-16-13-30-32(21-41)39-36(46-22-37-14-6-15-42(37)20-25(3)19-37)40-35(30)48-49(43,44)28-10-7-24(2)8-11-28/h7-12,17-18H,3,5-6,13-16,19-23H2,1-2,4H3. The molecule has 258 valence electrons. The highest BCUT2D eigenvalue weighted by Gasteiger charge is 2.46. The van der Waals surface area contributed by atoms with Gasteiger partial charge in [-0.1, -0.05) is 42.8 Å². The van der Waals surface area contributed by atoms with Crippen molar-refractivity contribution in [2.75, 3.05) is 45.0 Å². The molecule has 3 aliphatic rings. The first-order valence-corrected chi connectivity index (χ1v) is 18.1. The van der Waals surface area contributed by atoms with Gasteiger partial charge in [-0.05, 0) is 80.8 Å². The molecular weight excluding hydrogens is 647 g/mol. The Bertz CT molecular complexity index is 2020. The van der Waals surface area contributed by atoms with Crippen LogP contribution in [0.15, 0.2) is 65.6 Å². The molecule has 0 amide bonds. The van der Waals surface area contributed by atoms with E-state index >= 15 is 4.39 Å². The minimum atomic E-state index is -4.21. The molecule has 4 aromatic rings. The third-order valence-corrected chi connectivity index (χ3v) is 11.1. The molecule has 3 aliphatic heterocycles. The predicted octanol–water partition coefficient (Wildman–Crippen LogP) is 6.13. The number of anilines is 1. The molecule has 0 saturated carbocycles. The van der Waals surface area contributed by atoms with Gasteiger partial charge in [-0.25, -0.2) is 4.39 Å². The van der Waals surface area contributed by atoms with Crippen LogP contribution >= 0.6 is 0 Å². The van der Waals surface area contributed by atoms with E-state index in [-0.39, 0.29) is 41.5 Å². The molecule has 0 radical (unpaired) electrons. The van der Waals surface area contributed by atoms with Gasteiger partial charge in [0.15, 0.2) is 6.79 Å². The Kier molecular flexibility index (Phi) is 8.97. The number of methoxy groups -OCH3 is 1. The van der Waals surface area contributed by atoms with Crippen molar-refractivity contribution < 1.29 is 31.2 Å². The van der Waals surface area contributed by atoms with Gasteiger partial charge < -0.3 is 23.3 Å². The Hall–Kier alpha value is -4.26. The fraction of sp³-hybridized carbons (Fsp3) is 0.405. The number of halogens is 1. The van der Waals surface area contributed by atoms with Crippen molar-refractivity contribution in [1.82, 2.24) is 14.9 Å². The van der Waals surface area contributed by atoms with Gasteiger partial charge in [-0.3, -0.25) is 4.90 Å². The summed E-state index contributed by atoms with van der Waals surface area (Å²) in [6.45, 7) is 11.0. The number of aryl methyl sites for hydroxylation is 2. The molecule has 12 heteroatoms. The molecule has 0 N–H and O–H groups in total. The summed E-state index contributed by atoms with van der Waals surface area (Å²) in [5.74, 6) is 0.269. The lowest BCUT2D eigenvalue weighted by Gasteiger charge is -2.33. The van der Waals surface area contributed by atoms with Gasteiger partial charge in [-0.15, -0.1) is 0 Å². The zero-order chi connectivity index (χ0) is 34.3. The number of nitrogens with zero attached hydrogens (tertiary/aromatic N) is 4. The molecule has 7 rings (SSSR count). The average Bonchev–Trinajstić information content (AvgIpc) is 3.61. The number of ether oxygens (including phenoxy) is 3. The molecule has 49 heavy (non-hydrogen) atoms. The number of hydrogen-bond donors (Lipinski definition) is 0. The highest BCUT2D eigenvalue weighted by Crippen LogP contribution is 2.42. The highest BCUT2D eigenvalue weighted by molar-refractivity contribution is 7.87. The van der Waals surface area contributed by atoms with Crippen molar-refractivity contribution in [2.45, 2.75) is 62.9 Å². The second-order valence-electron chi connectivity index (χ2n) is 13.2. The van der Waals surface area contributed by atoms with Crippen LogP contribution in [0.4, 0.5) is 10.1 Å². The van der Waals surface area contributed by atoms with Gasteiger partial charge in [0, 0.05) is 42.9 Å². The maximum absolute atomic E-state index is 15.2. The summed E-state index contributed by atoms with van der Waals surface area (Å²) in [6, 6.07) is 13.6. The molecule has 0 spiro atoms. The second-order valence-corrected chi connectivity index (χ2v) is 14.7. The van der Waals surface area contributed by atoms with Crippen LogP contribution in [0.1, 0.15) is 48.6 Å². The van der Waals surface area contributed by atoms with E-state index in [1.54, 1.807) is 25.3 Å². The third kappa shape index (κ3) is 6.44. The lowest BCUT2D eigenvalue weighted by molar-refractivity contribution is 0.0512. The van der Waals surface area contributed by atoms with Gasteiger partial charge in [-0.2, -0.15) is 18.4 Å². The van der Waals surface area contributed by atoms with Crippen LogP contribution in [0.3, 0.4) is 0 Å². The monoisotopic (exact) mass is 688 g/mol. The minimum Gasteiger partial charge on any atom is -0.467 e. The first-order valence-electron chi connectivity index (χ1n) is 16.7. The number of hydrogen-bond acceptors (Lipinski definition) is 10. The summed E-state index contributed by atoms with van der Waals surface area (Å²) in [6.07, 6.45) is 3.76. The molecule has 1 atom stereocenters. The fourth-order valence-corrected chi connectivity index (χ4v) is 8.40. The van der Waals surface area contributed by atoms with Gasteiger partial charge in [0.2, 0.25) is 5.88 Å². The summed E-state index contributed by atoms with van der Waals surface area (Å²) >= 11 is 0. The Labute approximate surface area is 286 Å². The van der Waals surface area contributed by atoms with E-state index in [0.29, 0.717) is 48.6 Å². The lowest BCUT2D eigenvalue weighted by atomic mass is 9.94. The van der Waals surface area contributed by atoms with Crippen LogP contribution in [0.25, 0.3) is 10.8 Å². The molecule has 2 fully saturated rings. The number of benzene rings is 3. The molecule has 2 saturated heterocycles. The summed E-state index contributed by atoms with van der Waals surface area (Å²) < 4.78 is 65.3. The van der Waals surface area contributed by atoms with E-state index < -0.39 is 10.1 Å². The lowest BCUT2D eigenvalue weighted by Crippen LogP contribution is -2.43. The van der Waals surface area contributed by atoms with Gasteiger partial charge in [0.1, 0.15) is 23.1 Å². The zero-order valence-electron chi connectivity index (χ0n) is 28.1. The van der Waals surface area contributed by atoms with Crippen LogP contribution in [-0.4, -0.2) is 69.0 Å². The highest BCUT2D eigenvalue weighted by atomic mass is 32.2. The number of fused-ring (bicyclic) bond motifs is 3. The van der Waals surface area contributed by atoms with E-state index in [0.717, 1.165) is 54.4 Å². The van der Waals surface area contributed by atoms with Gasteiger partial charge >= 0.3 is 16.1 Å². The Morgan fingerprint density at radius 2 is 1.86 bits per heavy atom. The van der Waals surface area contributed by atoms with Crippen molar-refractivity contribution >= 4 is 26.6 Å². The summed E-state index contributed by atoms with van der Waals surface area (Å²) in [5, 5.41) is 1.63. The number of aromatic nitrogens is 2. The minimum absolute atomic E-state index is 0.0313. The van der Waals surface area contributed by atoms with Gasteiger partial charge in [0.05, 0.1) is 17.8 Å². The molecule has 4 heterocycles. The molecule has 0 aliphatic carbocycles. The first kappa shape index (κ1) is 33.2. The normalized spacial score (nSPS) is 19.3. The van der Waals surface area contributed by atoms with E-state index in [1.807, 2.05) is 26.0 Å². The zero-order valence-corrected chi connectivity index (χ0v) is 28.9. The SMILES string of the molecule is C=C1CN2CCCC2(COc2nc3c(c(OS(=O)(=O)c4ccc(C)cc4)n2)CCN(c2cc(OCOC)cc4ccc(F)c(CC)c24)C3)C1. The quantitative estimate of drug-likeness (QED) is 0.104. The topological polar surface area (TPSA) is 103 Å². The van der Waals surface area contributed by atoms with Crippen LogP contribution in [-0.2, 0) is 34.2 Å². The smallest absolute Gasteiger partial charge is 0.340 e. The predicted molar refractivity (Wildman–Crippen MR) is 184 cm³/mol. The van der Waals surface area contributed by atoms with E-state index in [9.17, 15) is 8.42 Å². The van der Waals surface area contributed by atoms with Crippen molar-refractivity contribution in [3.63, 3.8) is 0 Å². The first-order chi connectivity index (χ1) is 23.6. The Morgan fingerprint density at radius 3 is 2.63 bits per heavy atom. The molecule has 10 nitrogen and oxygen atoms in total. The second kappa shape index (κ2) is 13.2. The third-order valence-electron chi connectivity index (χ3n) is 9.87. The molecule has 1 aromatic heterocycles. The van der Waals surface area contributed by atoms with E-state index in [1.165, 1.54) is 23.8 Å². The van der Waals surface area contributed by atoms with Crippen LogP contribution < -0.4 is 18.6 Å². The molecule has 0 bridgehead atoms. The van der Waals surface area contributed by atoms with Crippen molar-refractivity contribution in [3.8, 4) is 17.6 Å². The maximum atomic E-state index is 15.2. The van der Waals surface area contributed by atoms with Crippen molar-refractivity contribution in [3.05, 3.63) is 88.9 Å². The average molecular weight is 689 g/mol. The maximum Gasteiger partial charge on any atom is 0.340 e. The molecule has 1 unspecified atom stereocenters. The largest absolute Gasteiger partial charge is 0.467 e. The van der Waals surface area contributed by atoms with Crippen LogP contribution in [0, 0.1) is 12.7 Å². The van der Waals surface area contributed by atoms with E-state index in [4.69, 9.17) is 23.4 Å². The summed E-state index contributed by atoms with van der Waals surface area (Å²) in [4.78, 5) is 14.0. The summed E-state index contributed by atoms with van der Waals surface area (Å²) in [5.41, 5.74) is 4.48. The number of rotatable bonds is 11. The van der Waals surface area contributed by atoms with Gasteiger partial charge in [0.25, 0.3) is 0 Å². The van der Waals surface area contributed by atoms with E-state index in [2.05, 4.69) is 21.4 Å².